The zero-order chi connectivity index (χ0) is 13.9. The van der Waals surface area contributed by atoms with Crippen LogP contribution in [0.4, 0.5) is 17.6 Å². The molecule has 0 saturated carbocycles. The van der Waals surface area contributed by atoms with Gasteiger partial charge in [0.25, 0.3) is 0 Å². The second kappa shape index (κ2) is 7.28. The predicted molar refractivity (Wildman–Crippen MR) is 68.9 cm³/mol. The van der Waals surface area contributed by atoms with Gasteiger partial charge in [-0.05, 0) is 31.5 Å². The Balaban J connectivity index is 0.00000324. The summed E-state index contributed by atoms with van der Waals surface area (Å²) in [5, 5.41) is -0.581. The highest BCUT2D eigenvalue weighted by atomic mass is 35.5. The first kappa shape index (κ1) is 18.4. The van der Waals surface area contributed by atoms with Gasteiger partial charge in [-0.25, -0.2) is 4.39 Å². The van der Waals surface area contributed by atoms with Crippen molar-refractivity contribution in [3.05, 3.63) is 34.1 Å². The molecule has 8 heteroatoms. The fraction of sp³-hybridized carbons (Fsp3) is 0.455. The van der Waals surface area contributed by atoms with Crippen molar-refractivity contribution in [1.82, 2.24) is 0 Å². The summed E-state index contributed by atoms with van der Waals surface area (Å²) in [6.45, 7) is 0.335. The predicted octanol–water partition coefficient (Wildman–Crippen LogP) is 3.66. The van der Waals surface area contributed by atoms with Crippen molar-refractivity contribution in [3.63, 3.8) is 0 Å². The van der Waals surface area contributed by atoms with Crippen LogP contribution in [0.2, 0.25) is 5.02 Å². The van der Waals surface area contributed by atoms with Crippen LogP contribution in [0, 0.1) is 5.82 Å². The van der Waals surface area contributed by atoms with Crippen LogP contribution in [-0.4, -0.2) is 6.54 Å². The van der Waals surface area contributed by atoms with Crippen LogP contribution in [0.1, 0.15) is 30.0 Å². The minimum Gasteiger partial charge on any atom is -0.330 e. The van der Waals surface area contributed by atoms with E-state index in [-0.39, 0.29) is 18.0 Å². The van der Waals surface area contributed by atoms with Gasteiger partial charge in [-0.15, -0.1) is 12.4 Å². The van der Waals surface area contributed by atoms with Gasteiger partial charge in [0.2, 0.25) is 0 Å². The van der Waals surface area contributed by atoms with Crippen molar-refractivity contribution in [2.75, 3.05) is 6.54 Å². The van der Waals surface area contributed by atoms with E-state index in [1.807, 2.05) is 0 Å². The second-order valence-corrected chi connectivity index (χ2v) is 4.30. The maximum absolute atomic E-state index is 13.6. The molecule has 1 atom stereocenters. The number of nitrogens with two attached hydrogens (primary N) is 2. The SMILES string of the molecule is Cl.NCCC[C@H](N)c1cc(C(F)(F)F)cc(Cl)c1F. The third kappa shape index (κ3) is 4.80. The zero-order valence-electron chi connectivity index (χ0n) is 9.81. The summed E-state index contributed by atoms with van der Waals surface area (Å²) in [4.78, 5) is 0. The lowest BCUT2D eigenvalue weighted by atomic mass is 9.99. The molecule has 0 aromatic heterocycles. The van der Waals surface area contributed by atoms with Crippen LogP contribution in [-0.2, 0) is 6.18 Å². The molecule has 0 radical (unpaired) electrons. The fourth-order valence-electron chi connectivity index (χ4n) is 1.54. The van der Waals surface area contributed by atoms with Crippen LogP contribution in [0.5, 0.6) is 0 Å². The molecule has 2 nitrogen and oxygen atoms in total. The highest BCUT2D eigenvalue weighted by molar-refractivity contribution is 6.30. The molecule has 0 bridgehead atoms. The molecule has 1 aromatic rings. The van der Waals surface area contributed by atoms with Crippen LogP contribution < -0.4 is 11.5 Å². The lowest BCUT2D eigenvalue weighted by Gasteiger charge is -2.16. The highest BCUT2D eigenvalue weighted by Crippen LogP contribution is 2.35. The van der Waals surface area contributed by atoms with E-state index in [2.05, 4.69) is 0 Å². The lowest BCUT2D eigenvalue weighted by molar-refractivity contribution is -0.137. The van der Waals surface area contributed by atoms with E-state index in [0.717, 1.165) is 0 Å². The third-order valence-electron chi connectivity index (χ3n) is 2.50. The van der Waals surface area contributed by atoms with Gasteiger partial charge in [0, 0.05) is 11.6 Å². The Hall–Kier alpha value is -0.560. The van der Waals surface area contributed by atoms with E-state index < -0.39 is 28.6 Å². The summed E-state index contributed by atoms with van der Waals surface area (Å²) in [5.74, 6) is -0.908. The standard InChI is InChI=1S/C11H13ClF4N2.ClH/c12-8-5-6(11(14,15)16)4-7(10(8)13)9(18)2-1-3-17;/h4-5,9H,1-3,17-18H2;1H/t9-;/m0./s1. The minimum atomic E-state index is -4.58. The summed E-state index contributed by atoms with van der Waals surface area (Å²) in [6.07, 6.45) is -3.79. The fourth-order valence-corrected chi connectivity index (χ4v) is 1.76. The molecule has 4 N–H and O–H groups in total. The second-order valence-electron chi connectivity index (χ2n) is 3.90. The first-order valence-corrected chi connectivity index (χ1v) is 5.67. The third-order valence-corrected chi connectivity index (χ3v) is 2.78. The monoisotopic (exact) mass is 320 g/mol. The van der Waals surface area contributed by atoms with Crippen molar-refractivity contribution >= 4 is 24.0 Å². The molecule has 1 aromatic carbocycles. The Kier molecular flexibility index (Phi) is 7.07. The van der Waals surface area contributed by atoms with Crippen LogP contribution in [0.25, 0.3) is 0 Å². The van der Waals surface area contributed by atoms with Crippen molar-refractivity contribution in [3.8, 4) is 0 Å². The highest BCUT2D eigenvalue weighted by Gasteiger charge is 2.32. The van der Waals surface area contributed by atoms with E-state index >= 15 is 0 Å². The molecular weight excluding hydrogens is 307 g/mol. The number of hydrogen-bond acceptors (Lipinski definition) is 2. The van der Waals surface area contributed by atoms with Gasteiger partial charge < -0.3 is 11.5 Å². The molecule has 19 heavy (non-hydrogen) atoms. The van der Waals surface area contributed by atoms with Gasteiger partial charge in [0.1, 0.15) is 5.82 Å². The van der Waals surface area contributed by atoms with Gasteiger partial charge in [0.15, 0.2) is 0 Å². The Bertz CT molecular complexity index is 424. The molecule has 0 heterocycles. The molecule has 1 rings (SSSR count). The quantitative estimate of drug-likeness (QED) is 0.832. The van der Waals surface area contributed by atoms with Gasteiger partial charge in [-0.3, -0.25) is 0 Å². The summed E-state index contributed by atoms with van der Waals surface area (Å²) >= 11 is 5.45. The molecule has 110 valence electrons. The van der Waals surface area contributed by atoms with Gasteiger partial charge >= 0.3 is 6.18 Å². The van der Waals surface area contributed by atoms with Crippen molar-refractivity contribution in [2.45, 2.75) is 25.1 Å². The number of alkyl halides is 3. The van der Waals surface area contributed by atoms with E-state index in [4.69, 9.17) is 23.1 Å². The first-order valence-electron chi connectivity index (χ1n) is 5.29. The largest absolute Gasteiger partial charge is 0.416 e. The molecule has 0 spiro atoms. The number of hydrogen-bond donors (Lipinski definition) is 2. The normalized spacial score (nSPS) is 13.0. The van der Waals surface area contributed by atoms with Crippen molar-refractivity contribution < 1.29 is 17.6 Å². The van der Waals surface area contributed by atoms with E-state index in [1.54, 1.807) is 0 Å². The smallest absolute Gasteiger partial charge is 0.330 e. The summed E-state index contributed by atoms with van der Waals surface area (Å²) in [5.41, 5.74) is 9.67. The molecule has 0 unspecified atom stereocenters. The van der Waals surface area contributed by atoms with E-state index in [9.17, 15) is 17.6 Å². The van der Waals surface area contributed by atoms with E-state index in [0.29, 0.717) is 31.5 Å². The van der Waals surface area contributed by atoms with Crippen LogP contribution in [0.3, 0.4) is 0 Å². The molecule has 0 amide bonds. The Morgan fingerprint density at radius 1 is 1.26 bits per heavy atom. The average molecular weight is 321 g/mol. The minimum absolute atomic E-state index is 0. The van der Waals surface area contributed by atoms with Crippen LogP contribution >= 0.6 is 24.0 Å². The maximum atomic E-state index is 13.6. The molecule has 0 aliphatic heterocycles. The van der Waals surface area contributed by atoms with Crippen LogP contribution in [0.15, 0.2) is 12.1 Å². The van der Waals surface area contributed by atoms with Gasteiger partial charge in [-0.1, -0.05) is 11.6 Å². The molecule has 0 saturated heterocycles. The molecular formula is C11H14Cl2F4N2. The van der Waals surface area contributed by atoms with Crippen molar-refractivity contribution in [1.29, 1.82) is 0 Å². The summed E-state index contributed by atoms with van der Waals surface area (Å²) in [6, 6.07) is 0.395. The number of halogens is 6. The molecule has 0 aliphatic rings. The van der Waals surface area contributed by atoms with E-state index in [1.165, 1.54) is 0 Å². The average Bonchev–Trinajstić information content (AvgIpc) is 2.27. The Morgan fingerprint density at radius 3 is 2.32 bits per heavy atom. The van der Waals surface area contributed by atoms with Gasteiger partial charge in [-0.2, -0.15) is 13.2 Å². The van der Waals surface area contributed by atoms with Crippen molar-refractivity contribution in [2.24, 2.45) is 11.5 Å². The summed E-state index contributed by atoms with van der Waals surface area (Å²) in [7, 11) is 0. The Labute approximate surface area is 119 Å². The number of benzene rings is 1. The molecule has 0 fully saturated rings. The Morgan fingerprint density at radius 2 is 1.84 bits per heavy atom. The lowest BCUT2D eigenvalue weighted by Crippen LogP contribution is -2.16. The zero-order valence-corrected chi connectivity index (χ0v) is 11.4. The maximum Gasteiger partial charge on any atom is 0.416 e. The number of rotatable bonds is 4. The molecule has 0 aliphatic carbocycles. The first-order chi connectivity index (χ1) is 8.27. The summed E-state index contributed by atoms with van der Waals surface area (Å²) < 4.78 is 51.3. The van der Waals surface area contributed by atoms with Gasteiger partial charge in [0.05, 0.1) is 10.6 Å². The topological polar surface area (TPSA) is 52.0 Å².